The molecule has 1 atom stereocenters. The van der Waals surface area contributed by atoms with Crippen molar-refractivity contribution >= 4 is 28.2 Å². The third-order valence-corrected chi connectivity index (χ3v) is 3.04. The van der Waals surface area contributed by atoms with Crippen molar-refractivity contribution in [2.75, 3.05) is 0 Å². The van der Waals surface area contributed by atoms with Crippen LogP contribution in [0.15, 0.2) is 12.1 Å². The molecule has 0 radical (unpaired) electrons. The molecule has 0 saturated carbocycles. The highest BCUT2D eigenvalue weighted by Gasteiger charge is 2.21. The lowest BCUT2D eigenvalue weighted by Gasteiger charge is -2.10. The standard InChI is InChI=1S/C9H10N2O5S/c1-2-5(9(13)14)10-8(12)6-3-4-7(17-6)11(15)16/h3-5H,2H2,1H3,(H,10,12)(H,13,14). The largest absolute Gasteiger partial charge is 0.480 e. The van der Waals surface area contributed by atoms with Gasteiger partial charge in [-0.1, -0.05) is 18.3 Å². The van der Waals surface area contributed by atoms with Crippen LogP contribution in [0.2, 0.25) is 0 Å². The van der Waals surface area contributed by atoms with E-state index in [4.69, 9.17) is 5.11 Å². The van der Waals surface area contributed by atoms with Crippen molar-refractivity contribution in [1.29, 1.82) is 0 Å². The van der Waals surface area contributed by atoms with Gasteiger partial charge in [0.1, 0.15) is 6.04 Å². The minimum absolute atomic E-state index is 0.122. The lowest BCUT2D eigenvalue weighted by molar-refractivity contribution is -0.380. The van der Waals surface area contributed by atoms with Crippen molar-refractivity contribution in [1.82, 2.24) is 5.32 Å². The molecule has 0 aliphatic heterocycles. The number of carbonyl (C=O) groups is 2. The van der Waals surface area contributed by atoms with E-state index in [9.17, 15) is 19.7 Å². The van der Waals surface area contributed by atoms with Gasteiger partial charge in [0.15, 0.2) is 0 Å². The zero-order valence-corrected chi connectivity index (χ0v) is 9.69. The van der Waals surface area contributed by atoms with E-state index in [0.29, 0.717) is 11.3 Å². The number of amides is 1. The molecule has 1 unspecified atom stereocenters. The summed E-state index contributed by atoms with van der Waals surface area (Å²) < 4.78 is 0. The van der Waals surface area contributed by atoms with Crippen LogP contribution in [0.5, 0.6) is 0 Å². The van der Waals surface area contributed by atoms with E-state index in [1.165, 1.54) is 12.1 Å². The highest BCUT2D eigenvalue weighted by molar-refractivity contribution is 7.17. The maximum absolute atomic E-state index is 11.6. The van der Waals surface area contributed by atoms with E-state index in [-0.39, 0.29) is 16.3 Å². The topological polar surface area (TPSA) is 110 Å². The first-order chi connectivity index (χ1) is 7.95. The van der Waals surface area contributed by atoms with Crippen LogP contribution in [-0.2, 0) is 4.79 Å². The first kappa shape index (κ1) is 13.1. The van der Waals surface area contributed by atoms with E-state index in [1.54, 1.807) is 6.92 Å². The summed E-state index contributed by atoms with van der Waals surface area (Å²) in [6, 6.07) is 1.53. The summed E-state index contributed by atoms with van der Waals surface area (Å²) >= 11 is 0.709. The Morgan fingerprint density at radius 2 is 2.24 bits per heavy atom. The number of carbonyl (C=O) groups excluding carboxylic acids is 1. The van der Waals surface area contributed by atoms with Gasteiger partial charge in [0.25, 0.3) is 5.91 Å². The second kappa shape index (κ2) is 5.39. The van der Waals surface area contributed by atoms with Crippen LogP contribution in [-0.4, -0.2) is 27.9 Å². The molecule has 0 aliphatic rings. The van der Waals surface area contributed by atoms with Gasteiger partial charge in [0.2, 0.25) is 0 Å². The van der Waals surface area contributed by atoms with Crippen LogP contribution < -0.4 is 5.32 Å². The minimum Gasteiger partial charge on any atom is -0.480 e. The Hall–Kier alpha value is -1.96. The number of nitrogens with one attached hydrogen (secondary N) is 1. The van der Waals surface area contributed by atoms with E-state index >= 15 is 0 Å². The summed E-state index contributed by atoms with van der Waals surface area (Å²) in [4.78, 5) is 32.2. The molecule has 0 bridgehead atoms. The number of hydrogen-bond acceptors (Lipinski definition) is 5. The summed E-state index contributed by atoms with van der Waals surface area (Å²) in [6.07, 6.45) is 0.245. The van der Waals surface area contributed by atoms with Crippen molar-refractivity contribution in [3.05, 3.63) is 27.1 Å². The third-order valence-electron chi connectivity index (χ3n) is 2.01. The van der Waals surface area contributed by atoms with E-state index < -0.39 is 22.8 Å². The molecule has 1 heterocycles. The highest BCUT2D eigenvalue weighted by atomic mass is 32.1. The summed E-state index contributed by atoms with van der Waals surface area (Å²) in [7, 11) is 0. The van der Waals surface area contributed by atoms with Crippen LogP contribution in [0.25, 0.3) is 0 Å². The summed E-state index contributed by atoms with van der Waals surface area (Å²) in [6.45, 7) is 1.62. The zero-order valence-electron chi connectivity index (χ0n) is 8.87. The van der Waals surface area contributed by atoms with Crippen LogP contribution in [0.3, 0.4) is 0 Å². The van der Waals surface area contributed by atoms with Gasteiger partial charge in [0, 0.05) is 6.07 Å². The van der Waals surface area contributed by atoms with Crippen LogP contribution >= 0.6 is 11.3 Å². The maximum atomic E-state index is 11.6. The van der Waals surface area contributed by atoms with Gasteiger partial charge in [-0.2, -0.15) is 0 Å². The monoisotopic (exact) mass is 258 g/mol. The lowest BCUT2D eigenvalue weighted by atomic mass is 10.2. The molecule has 1 aromatic rings. The molecule has 1 rings (SSSR count). The Morgan fingerprint density at radius 3 is 2.65 bits per heavy atom. The molecule has 8 heteroatoms. The molecule has 0 fully saturated rings. The maximum Gasteiger partial charge on any atom is 0.326 e. The number of hydrogen-bond donors (Lipinski definition) is 2. The molecule has 0 aromatic carbocycles. The Balaban J connectivity index is 2.75. The van der Waals surface area contributed by atoms with Crippen LogP contribution in [0, 0.1) is 10.1 Å². The normalized spacial score (nSPS) is 11.8. The second-order valence-corrected chi connectivity index (χ2v) is 4.23. The summed E-state index contributed by atoms with van der Waals surface area (Å²) in [5, 5.41) is 21.3. The second-order valence-electron chi connectivity index (χ2n) is 3.17. The number of carboxylic acids is 1. The number of aliphatic carboxylic acids is 1. The molecule has 0 aliphatic carbocycles. The van der Waals surface area contributed by atoms with Crippen molar-refractivity contribution in [2.45, 2.75) is 19.4 Å². The highest BCUT2D eigenvalue weighted by Crippen LogP contribution is 2.23. The van der Waals surface area contributed by atoms with Gasteiger partial charge in [-0.3, -0.25) is 14.9 Å². The van der Waals surface area contributed by atoms with Crippen molar-refractivity contribution in [3.63, 3.8) is 0 Å². The molecule has 0 spiro atoms. The first-order valence-electron chi connectivity index (χ1n) is 4.73. The van der Waals surface area contributed by atoms with Gasteiger partial charge >= 0.3 is 11.0 Å². The minimum atomic E-state index is -1.13. The molecule has 2 N–H and O–H groups in total. The third kappa shape index (κ3) is 3.25. The lowest BCUT2D eigenvalue weighted by Crippen LogP contribution is -2.39. The van der Waals surface area contributed by atoms with Gasteiger partial charge in [-0.05, 0) is 12.5 Å². The zero-order chi connectivity index (χ0) is 13.0. The predicted octanol–water partition coefficient (Wildman–Crippen LogP) is 1.25. The van der Waals surface area contributed by atoms with Crippen LogP contribution in [0.4, 0.5) is 5.00 Å². The SMILES string of the molecule is CCC(NC(=O)c1ccc([N+](=O)[O-])s1)C(=O)O. The number of nitrogens with zero attached hydrogens (tertiary/aromatic N) is 1. The molecular weight excluding hydrogens is 248 g/mol. The quantitative estimate of drug-likeness (QED) is 0.610. The van der Waals surface area contributed by atoms with Crippen LogP contribution in [0.1, 0.15) is 23.0 Å². The van der Waals surface area contributed by atoms with Gasteiger partial charge in [-0.15, -0.1) is 0 Å². The summed E-state index contributed by atoms with van der Waals surface area (Å²) in [5.41, 5.74) is 0. The number of nitro groups is 1. The van der Waals surface area contributed by atoms with Gasteiger partial charge in [-0.25, -0.2) is 4.79 Å². The Bertz CT molecular complexity index is 456. The van der Waals surface area contributed by atoms with Crippen molar-refractivity contribution < 1.29 is 19.6 Å². The first-order valence-corrected chi connectivity index (χ1v) is 5.55. The average molecular weight is 258 g/mol. The van der Waals surface area contributed by atoms with E-state index in [2.05, 4.69) is 5.32 Å². The van der Waals surface area contributed by atoms with E-state index in [1.807, 2.05) is 0 Å². The van der Waals surface area contributed by atoms with E-state index in [0.717, 1.165) is 0 Å². The average Bonchev–Trinajstić information content (AvgIpc) is 2.74. The summed E-state index contributed by atoms with van der Waals surface area (Å²) in [5.74, 6) is -1.75. The number of thiophene rings is 1. The molecule has 7 nitrogen and oxygen atoms in total. The number of carboxylic acid groups (broad SMARTS) is 1. The fourth-order valence-electron chi connectivity index (χ4n) is 1.12. The van der Waals surface area contributed by atoms with Gasteiger partial charge < -0.3 is 10.4 Å². The van der Waals surface area contributed by atoms with Gasteiger partial charge in [0.05, 0.1) is 9.80 Å². The van der Waals surface area contributed by atoms with Crippen molar-refractivity contribution in [3.8, 4) is 0 Å². The molecule has 92 valence electrons. The Labute approximate surface area is 100 Å². The number of rotatable bonds is 5. The fraction of sp³-hybridized carbons (Fsp3) is 0.333. The smallest absolute Gasteiger partial charge is 0.326 e. The van der Waals surface area contributed by atoms with Crippen molar-refractivity contribution in [2.24, 2.45) is 0 Å². The predicted molar refractivity (Wildman–Crippen MR) is 60.2 cm³/mol. The molecule has 1 aromatic heterocycles. The molecule has 1 amide bonds. The Morgan fingerprint density at radius 1 is 1.59 bits per heavy atom. The molecule has 0 saturated heterocycles. The fourth-order valence-corrected chi connectivity index (χ4v) is 1.84. The molecule has 17 heavy (non-hydrogen) atoms. The Kier molecular flexibility index (Phi) is 4.16. The molecular formula is C9H10N2O5S.